The maximum Gasteiger partial charge on any atom is 0.255 e. The Kier molecular flexibility index (Phi) is 6.60. The van der Waals surface area contributed by atoms with E-state index in [1.54, 1.807) is 4.68 Å². The first kappa shape index (κ1) is 22.7. The predicted molar refractivity (Wildman–Crippen MR) is 130 cm³/mol. The summed E-state index contributed by atoms with van der Waals surface area (Å²) in [4.78, 5) is 18.2. The number of nitrogens with zero attached hydrogens (tertiary/aromatic N) is 3. The van der Waals surface area contributed by atoms with E-state index in [0.29, 0.717) is 36.1 Å². The van der Waals surface area contributed by atoms with Crippen LogP contribution in [0.3, 0.4) is 0 Å². The minimum absolute atomic E-state index is 0.0821. The van der Waals surface area contributed by atoms with Gasteiger partial charge in [0.1, 0.15) is 6.04 Å². The summed E-state index contributed by atoms with van der Waals surface area (Å²) < 4.78 is 1.79. The molecule has 2 heterocycles. The van der Waals surface area contributed by atoms with E-state index >= 15 is 0 Å². The second-order valence-corrected chi connectivity index (χ2v) is 8.78. The highest BCUT2D eigenvalue weighted by Crippen LogP contribution is 2.36. The summed E-state index contributed by atoms with van der Waals surface area (Å²) in [6.45, 7) is 8.27. The summed E-state index contributed by atoms with van der Waals surface area (Å²) >= 11 is 0. The van der Waals surface area contributed by atoms with Gasteiger partial charge < -0.3 is 15.7 Å². The van der Waals surface area contributed by atoms with Gasteiger partial charge in [0.15, 0.2) is 5.82 Å². The highest BCUT2D eigenvalue weighted by molar-refractivity contribution is 6.06. The number of allylic oxidation sites excluding steroid dienone is 1. The fraction of sp³-hybridized carbons (Fsp3) is 0.346. The number of carbonyl (C=O) groups is 1. The lowest BCUT2D eigenvalue weighted by Gasteiger charge is -2.29. The van der Waals surface area contributed by atoms with E-state index in [1.807, 2.05) is 38.1 Å². The zero-order valence-corrected chi connectivity index (χ0v) is 19.6. The predicted octanol–water partition coefficient (Wildman–Crippen LogP) is 4.56. The summed E-state index contributed by atoms with van der Waals surface area (Å²) in [5.74, 6) is 1.49. The molecule has 1 aliphatic heterocycles. The van der Waals surface area contributed by atoms with Crippen LogP contribution in [0.2, 0.25) is 0 Å². The number of aromatic nitrogens is 3. The summed E-state index contributed by atoms with van der Waals surface area (Å²) in [5.41, 5.74) is 5.33. The van der Waals surface area contributed by atoms with Crippen molar-refractivity contribution in [3.8, 4) is 0 Å². The van der Waals surface area contributed by atoms with E-state index in [4.69, 9.17) is 5.10 Å². The van der Waals surface area contributed by atoms with Crippen molar-refractivity contribution in [3.05, 3.63) is 82.3 Å². The van der Waals surface area contributed by atoms with Gasteiger partial charge in [-0.25, -0.2) is 4.68 Å². The molecule has 7 nitrogen and oxygen atoms in total. The van der Waals surface area contributed by atoms with Crippen molar-refractivity contribution in [1.82, 2.24) is 14.8 Å². The Balaban J connectivity index is 1.76. The Morgan fingerprint density at radius 3 is 2.55 bits per heavy atom. The smallest absolute Gasteiger partial charge is 0.255 e. The standard InChI is InChI=1S/C26H31N5O2/c1-16(2)19-11-13-20(14-12-19)24-23(25(33)28-21-9-6-5-8-17(21)3)18(4)27-26-29-22(10-7-15-32)30-31(24)26/h5-6,8-9,11-14,16,24,32H,7,10,15H2,1-4H3,(H,28,33)(H,27,29,30)/t24-/m1/s1. The van der Waals surface area contributed by atoms with Crippen molar-refractivity contribution in [3.63, 3.8) is 0 Å². The topological polar surface area (TPSA) is 92.1 Å². The van der Waals surface area contributed by atoms with Crippen LogP contribution in [0, 0.1) is 6.92 Å². The Morgan fingerprint density at radius 1 is 1.15 bits per heavy atom. The molecule has 1 aromatic heterocycles. The van der Waals surface area contributed by atoms with Gasteiger partial charge in [-0.15, -0.1) is 0 Å². The lowest BCUT2D eigenvalue weighted by molar-refractivity contribution is -0.113. The van der Waals surface area contributed by atoms with E-state index < -0.39 is 6.04 Å². The van der Waals surface area contributed by atoms with Crippen molar-refractivity contribution in [2.24, 2.45) is 0 Å². The number of amides is 1. The molecule has 1 amide bonds. The number of nitrogens with one attached hydrogen (secondary N) is 2. The molecule has 7 heteroatoms. The second-order valence-electron chi connectivity index (χ2n) is 8.78. The van der Waals surface area contributed by atoms with Crippen LogP contribution in [-0.2, 0) is 11.2 Å². The molecular formula is C26H31N5O2. The molecule has 0 aliphatic carbocycles. The van der Waals surface area contributed by atoms with Crippen molar-refractivity contribution < 1.29 is 9.90 Å². The molecule has 0 bridgehead atoms. The third kappa shape index (κ3) is 4.68. The first-order chi connectivity index (χ1) is 15.9. The molecular weight excluding hydrogens is 414 g/mol. The summed E-state index contributed by atoms with van der Waals surface area (Å²) in [7, 11) is 0. The van der Waals surface area contributed by atoms with Crippen LogP contribution in [0.4, 0.5) is 11.6 Å². The Hall–Kier alpha value is -3.45. The molecule has 0 radical (unpaired) electrons. The van der Waals surface area contributed by atoms with Gasteiger partial charge in [-0.3, -0.25) is 4.79 Å². The number of para-hydroxylation sites is 1. The van der Waals surface area contributed by atoms with E-state index in [9.17, 15) is 9.90 Å². The van der Waals surface area contributed by atoms with E-state index in [1.165, 1.54) is 5.56 Å². The first-order valence-electron chi connectivity index (χ1n) is 11.4. The van der Waals surface area contributed by atoms with Gasteiger partial charge in [-0.1, -0.05) is 56.3 Å². The van der Waals surface area contributed by atoms with Crippen LogP contribution in [0.15, 0.2) is 59.8 Å². The maximum atomic E-state index is 13.6. The average Bonchev–Trinajstić information content (AvgIpc) is 3.20. The maximum absolute atomic E-state index is 13.6. The van der Waals surface area contributed by atoms with Gasteiger partial charge in [-0.2, -0.15) is 10.1 Å². The number of anilines is 2. The SMILES string of the molecule is CC1=C(C(=O)Nc2ccccc2C)[C@@H](c2ccc(C(C)C)cc2)n2nc(CCCO)nc2N1. The van der Waals surface area contributed by atoms with Crippen LogP contribution < -0.4 is 10.6 Å². The van der Waals surface area contributed by atoms with Gasteiger partial charge in [-0.05, 0) is 48.9 Å². The molecule has 0 saturated heterocycles. The molecule has 1 atom stereocenters. The highest BCUT2D eigenvalue weighted by atomic mass is 16.3. The monoisotopic (exact) mass is 445 g/mol. The minimum Gasteiger partial charge on any atom is -0.396 e. The summed E-state index contributed by atoms with van der Waals surface area (Å²) in [6, 6.07) is 15.7. The fourth-order valence-corrected chi connectivity index (χ4v) is 4.11. The first-order valence-corrected chi connectivity index (χ1v) is 11.4. The molecule has 4 rings (SSSR count). The van der Waals surface area contributed by atoms with Crippen molar-refractivity contribution in [2.45, 2.75) is 52.5 Å². The van der Waals surface area contributed by atoms with Crippen LogP contribution in [-0.4, -0.2) is 32.4 Å². The molecule has 0 fully saturated rings. The van der Waals surface area contributed by atoms with E-state index in [0.717, 1.165) is 22.5 Å². The summed E-state index contributed by atoms with van der Waals surface area (Å²) in [6.07, 6.45) is 1.16. The Bertz CT molecular complexity index is 1180. The molecule has 1 aliphatic rings. The molecule has 33 heavy (non-hydrogen) atoms. The number of carbonyl (C=O) groups excluding carboxylic acids is 1. The van der Waals surface area contributed by atoms with Crippen molar-refractivity contribution in [1.29, 1.82) is 0 Å². The zero-order chi connectivity index (χ0) is 23.5. The average molecular weight is 446 g/mol. The van der Waals surface area contributed by atoms with Gasteiger partial charge in [0.2, 0.25) is 5.95 Å². The molecule has 0 spiro atoms. The Labute approximate surface area is 194 Å². The van der Waals surface area contributed by atoms with E-state index in [2.05, 4.69) is 53.7 Å². The highest BCUT2D eigenvalue weighted by Gasteiger charge is 2.34. The zero-order valence-electron chi connectivity index (χ0n) is 19.6. The summed E-state index contributed by atoms with van der Waals surface area (Å²) in [5, 5.41) is 20.3. The number of aryl methyl sites for hydroxylation is 2. The van der Waals surface area contributed by atoms with Gasteiger partial charge in [0.25, 0.3) is 5.91 Å². The van der Waals surface area contributed by atoms with Crippen LogP contribution in [0.1, 0.15) is 61.7 Å². The van der Waals surface area contributed by atoms with Gasteiger partial charge in [0.05, 0.1) is 5.57 Å². The van der Waals surface area contributed by atoms with Crippen molar-refractivity contribution >= 4 is 17.5 Å². The van der Waals surface area contributed by atoms with Gasteiger partial charge >= 0.3 is 0 Å². The fourth-order valence-electron chi connectivity index (χ4n) is 4.11. The Morgan fingerprint density at radius 2 is 1.88 bits per heavy atom. The number of aliphatic hydroxyl groups excluding tert-OH is 1. The number of fused-ring (bicyclic) bond motifs is 1. The normalized spacial score (nSPS) is 15.4. The number of hydrogen-bond acceptors (Lipinski definition) is 5. The van der Waals surface area contributed by atoms with Crippen molar-refractivity contribution in [2.75, 3.05) is 17.2 Å². The number of benzene rings is 2. The third-order valence-corrected chi connectivity index (χ3v) is 6.01. The lowest BCUT2D eigenvalue weighted by atomic mass is 9.92. The van der Waals surface area contributed by atoms with Gasteiger partial charge in [0, 0.05) is 24.4 Å². The van der Waals surface area contributed by atoms with Crippen LogP contribution in [0.5, 0.6) is 0 Å². The minimum atomic E-state index is -0.415. The molecule has 2 aromatic carbocycles. The van der Waals surface area contributed by atoms with Crippen LogP contribution in [0.25, 0.3) is 0 Å². The quantitative estimate of drug-likeness (QED) is 0.496. The van der Waals surface area contributed by atoms with Crippen LogP contribution >= 0.6 is 0 Å². The number of rotatable bonds is 7. The number of hydrogen-bond donors (Lipinski definition) is 3. The lowest BCUT2D eigenvalue weighted by Crippen LogP contribution is -2.31. The third-order valence-electron chi connectivity index (χ3n) is 6.01. The second kappa shape index (κ2) is 9.58. The molecule has 0 saturated carbocycles. The largest absolute Gasteiger partial charge is 0.396 e. The molecule has 172 valence electrons. The number of aliphatic hydroxyl groups is 1. The molecule has 0 unspecified atom stereocenters. The molecule has 3 aromatic rings. The van der Waals surface area contributed by atoms with E-state index in [-0.39, 0.29) is 12.5 Å². The molecule has 3 N–H and O–H groups in total.